The van der Waals surface area contributed by atoms with Crippen LogP contribution in [0.3, 0.4) is 0 Å². The molecule has 3 amide bonds. The Bertz CT molecular complexity index is 234. The molecule has 13 heavy (non-hydrogen) atoms. The van der Waals surface area contributed by atoms with Crippen molar-refractivity contribution in [1.82, 2.24) is 10.2 Å². The fraction of sp³-hybridized carbons (Fsp3) is 0.778. The van der Waals surface area contributed by atoms with E-state index in [0.717, 1.165) is 0 Å². The zero-order chi connectivity index (χ0) is 9.52. The molecule has 0 aromatic heterocycles. The second-order valence-corrected chi connectivity index (χ2v) is 3.82. The van der Waals surface area contributed by atoms with Gasteiger partial charge in [0.15, 0.2) is 0 Å². The maximum absolute atomic E-state index is 11.5. The van der Waals surface area contributed by atoms with E-state index < -0.39 is 5.54 Å². The SMILES string of the molecule is C.CC(C)N1C(=O)NC(C)(C)C1=O. The fourth-order valence-electron chi connectivity index (χ4n) is 1.24. The van der Waals surface area contributed by atoms with Crippen LogP contribution in [0.5, 0.6) is 0 Å². The summed E-state index contributed by atoms with van der Waals surface area (Å²) in [7, 11) is 0. The lowest BCUT2D eigenvalue weighted by Crippen LogP contribution is -2.41. The van der Waals surface area contributed by atoms with E-state index in [1.807, 2.05) is 13.8 Å². The van der Waals surface area contributed by atoms with Gasteiger partial charge < -0.3 is 5.32 Å². The van der Waals surface area contributed by atoms with E-state index in [0.29, 0.717) is 0 Å². The number of hydrogen-bond acceptors (Lipinski definition) is 2. The molecule has 0 unspecified atom stereocenters. The summed E-state index contributed by atoms with van der Waals surface area (Å²) < 4.78 is 0. The van der Waals surface area contributed by atoms with Crippen LogP contribution < -0.4 is 5.32 Å². The molecule has 76 valence electrons. The second kappa shape index (κ2) is 3.36. The van der Waals surface area contributed by atoms with Gasteiger partial charge in [-0.2, -0.15) is 0 Å². The number of nitrogens with one attached hydrogen (secondary N) is 1. The minimum Gasteiger partial charge on any atom is -0.324 e. The van der Waals surface area contributed by atoms with Gasteiger partial charge in [0.2, 0.25) is 0 Å². The van der Waals surface area contributed by atoms with Crippen molar-refractivity contribution in [1.29, 1.82) is 0 Å². The summed E-state index contributed by atoms with van der Waals surface area (Å²) in [5.41, 5.74) is -0.735. The van der Waals surface area contributed by atoms with E-state index in [2.05, 4.69) is 5.32 Å². The van der Waals surface area contributed by atoms with E-state index >= 15 is 0 Å². The summed E-state index contributed by atoms with van der Waals surface area (Å²) in [5, 5.41) is 2.61. The standard InChI is InChI=1S/C8H14N2O2.CH4/c1-5(2)10-6(11)8(3,4)9-7(10)12;/h5H,1-4H3,(H,9,12);1H4. The van der Waals surface area contributed by atoms with Crippen LogP contribution in [0.4, 0.5) is 4.79 Å². The molecule has 1 saturated heterocycles. The van der Waals surface area contributed by atoms with Crippen molar-refractivity contribution in [2.75, 3.05) is 0 Å². The molecular formula is C9H18N2O2. The molecule has 0 saturated carbocycles. The van der Waals surface area contributed by atoms with Gasteiger partial charge in [-0.05, 0) is 27.7 Å². The lowest BCUT2D eigenvalue weighted by atomic mass is 10.1. The molecule has 1 N–H and O–H groups in total. The van der Waals surface area contributed by atoms with E-state index in [4.69, 9.17) is 0 Å². The summed E-state index contributed by atoms with van der Waals surface area (Å²) in [6.07, 6.45) is 0. The highest BCUT2D eigenvalue weighted by Gasteiger charge is 2.45. The number of imide groups is 1. The first-order valence-corrected chi connectivity index (χ1v) is 4.02. The highest BCUT2D eigenvalue weighted by molar-refractivity contribution is 6.06. The van der Waals surface area contributed by atoms with E-state index in [1.165, 1.54) is 4.90 Å². The van der Waals surface area contributed by atoms with Crippen LogP contribution >= 0.6 is 0 Å². The zero-order valence-corrected chi connectivity index (χ0v) is 7.84. The van der Waals surface area contributed by atoms with E-state index in [1.54, 1.807) is 13.8 Å². The molecule has 4 nitrogen and oxygen atoms in total. The second-order valence-electron chi connectivity index (χ2n) is 3.82. The average molecular weight is 186 g/mol. The molecule has 0 aromatic rings. The van der Waals surface area contributed by atoms with Crippen molar-refractivity contribution in [3.8, 4) is 0 Å². The van der Waals surface area contributed by atoms with Gasteiger partial charge in [0, 0.05) is 6.04 Å². The molecule has 0 aromatic carbocycles. The van der Waals surface area contributed by atoms with Crippen LogP contribution in [0.25, 0.3) is 0 Å². The number of nitrogens with zero attached hydrogens (tertiary/aromatic N) is 1. The molecule has 0 spiro atoms. The van der Waals surface area contributed by atoms with Gasteiger partial charge in [-0.1, -0.05) is 7.43 Å². The molecule has 1 aliphatic rings. The van der Waals surface area contributed by atoms with Crippen molar-refractivity contribution in [3.05, 3.63) is 0 Å². The molecule has 0 bridgehead atoms. The van der Waals surface area contributed by atoms with Crippen LogP contribution in [0.1, 0.15) is 35.1 Å². The molecule has 1 fully saturated rings. The topological polar surface area (TPSA) is 49.4 Å². The number of rotatable bonds is 1. The first-order valence-electron chi connectivity index (χ1n) is 4.02. The Kier molecular flexibility index (Phi) is 3.08. The van der Waals surface area contributed by atoms with Crippen LogP contribution in [-0.2, 0) is 4.79 Å². The Hall–Kier alpha value is -1.06. The normalized spacial score (nSPS) is 20.2. The van der Waals surface area contributed by atoms with Crippen LogP contribution in [0, 0.1) is 0 Å². The summed E-state index contributed by atoms with van der Waals surface area (Å²) in [5.74, 6) is -0.150. The summed E-state index contributed by atoms with van der Waals surface area (Å²) in [6, 6.07) is -0.362. The van der Waals surface area contributed by atoms with Crippen molar-refractivity contribution in [3.63, 3.8) is 0 Å². The van der Waals surface area contributed by atoms with E-state index in [9.17, 15) is 9.59 Å². The molecule has 0 radical (unpaired) electrons. The van der Waals surface area contributed by atoms with Crippen molar-refractivity contribution >= 4 is 11.9 Å². The summed E-state index contributed by atoms with van der Waals surface area (Å²) >= 11 is 0. The monoisotopic (exact) mass is 186 g/mol. The highest BCUT2D eigenvalue weighted by Crippen LogP contribution is 2.18. The van der Waals surface area contributed by atoms with Crippen LogP contribution in [0.15, 0.2) is 0 Å². The Labute approximate surface area is 79.3 Å². The smallest absolute Gasteiger partial charge is 0.324 e. The van der Waals surface area contributed by atoms with Gasteiger partial charge in [-0.3, -0.25) is 9.69 Å². The van der Waals surface area contributed by atoms with E-state index in [-0.39, 0.29) is 25.4 Å². The van der Waals surface area contributed by atoms with Gasteiger partial charge in [0.05, 0.1) is 0 Å². The molecule has 1 aliphatic heterocycles. The number of carbonyl (C=O) groups excluding carboxylic acids is 2. The molecule has 0 atom stereocenters. The number of carbonyl (C=O) groups is 2. The minimum atomic E-state index is -0.735. The average Bonchev–Trinajstić information content (AvgIpc) is 2.02. The largest absolute Gasteiger partial charge is 0.325 e. The lowest BCUT2D eigenvalue weighted by molar-refractivity contribution is -0.131. The van der Waals surface area contributed by atoms with Crippen LogP contribution in [-0.4, -0.2) is 28.4 Å². The van der Waals surface area contributed by atoms with Gasteiger partial charge in [-0.15, -0.1) is 0 Å². The zero-order valence-electron chi connectivity index (χ0n) is 7.84. The third kappa shape index (κ3) is 1.82. The fourth-order valence-corrected chi connectivity index (χ4v) is 1.24. The van der Waals surface area contributed by atoms with Crippen molar-refractivity contribution in [2.45, 2.75) is 46.7 Å². The lowest BCUT2D eigenvalue weighted by Gasteiger charge is -2.18. The van der Waals surface area contributed by atoms with Gasteiger partial charge in [-0.25, -0.2) is 4.79 Å². The molecule has 1 rings (SSSR count). The van der Waals surface area contributed by atoms with Gasteiger partial charge >= 0.3 is 6.03 Å². The molecular weight excluding hydrogens is 168 g/mol. The predicted molar refractivity (Wildman–Crippen MR) is 51.3 cm³/mol. The first-order chi connectivity index (χ1) is 5.36. The molecule has 4 heteroatoms. The number of urea groups is 1. The third-order valence-electron chi connectivity index (χ3n) is 1.91. The summed E-state index contributed by atoms with van der Waals surface area (Å²) in [6.45, 7) is 7.04. The Morgan fingerprint density at radius 3 is 1.92 bits per heavy atom. The Morgan fingerprint density at radius 1 is 1.31 bits per heavy atom. The Balaban J connectivity index is 0.00000144. The van der Waals surface area contributed by atoms with Crippen molar-refractivity contribution in [2.24, 2.45) is 0 Å². The number of amides is 3. The number of hydrogen-bond donors (Lipinski definition) is 1. The summed E-state index contributed by atoms with van der Waals surface area (Å²) in [4.78, 5) is 24.0. The molecule has 1 heterocycles. The maximum atomic E-state index is 11.5. The van der Waals surface area contributed by atoms with Crippen molar-refractivity contribution < 1.29 is 9.59 Å². The quantitative estimate of drug-likeness (QED) is 0.629. The predicted octanol–water partition coefficient (Wildman–Crippen LogP) is 1.36. The third-order valence-corrected chi connectivity index (χ3v) is 1.91. The minimum absolute atomic E-state index is 0. The highest BCUT2D eigenvalue weighted by atomic mass is 16.2. The Morgan fingerprint density at radius 2 is 1.77 bits per heavy atom. The van der Waals surface area contributed by atoms with Crippen LogP contribution in [0.2, 0.25) is 0 Å². The van der Waals surface area contributed by atoms with Gasteiger partial charge in [0.25, 0.3) is 5.91 Å². The molecule has 0 aliphatic carbocycles. The maximum Gasteiger partial charge on any atom is 0.325 e. The van der Waals surface area contributed by atoms with Gasteiger partial charge in [0.1, 0.15) is 5.54 Å². The first kappa shape index (κ1) is 11.9.